The van der Waals surface area contributed by atoms with Crippen molar-refractivity contribution < 1.29 is 0 Å². The van der Waals surface area contributed by atoms with E-state index in [1.54, 1.807) is 0 Å². The van der Waals surface area contributed by atoms with E-state index in [1.807, 2.05) is 11.3 Å². The summed E-state index contributed by atoms with van der Waals surface area (Å²) in [5.74, 6) is 0.896. The minimum Gasteiger partial charge on any atom is -0.307 e. The number of benzene rings is 1. The van der Waals surface area contributed by atoms with Crippen LogP contribution in [0.3, 0.4) is 0 Å². The van der Waals surface area contributed by atoms with E-state index in [4.69, 9.17) is 0 Å². The molecule has 1 aromatic carbocycles. The Kier molecular flexibility index (Phi) is 3.64. The molecule has 1 nitrogen and oxygen atoms in total. The topological polar surface area (TPSA) is 12.0 Å². The van der Waals surface area contributed by atoms with E-state index in [0.717, 1.165) is 12.0 Å². The van der Waals surface area contributed by atoms with Crippen LogP contribution in [-0.4, -0.2) is 6.04 Å². The van der Waals surface area contributed by atoms with Crippen LogP contribution >= 0.6 is 11.3 Å². The molecule has 1 aliphatic rings. The zero-order chi connectivity index (χ0) is 13.4. The highest BCUT2D eigenvalue weighted by atomic mass is 32.1. The lowest BCUT2D eigenvalue weighted by Gasteiger charge is -2.19. The van der Waals surface area contributed by atoms with Gasteiger partial charge in [-0.15, -0.1) is 11.3 Å². The van der Waals surface area contributed by atoms with Crippen LogP contribution in [-0.2, 0) is 0 Å². The SMILES string of the molecule is Cc1c(C(C)NC2CCC(C)C2)sc2ccccc12. The molecular weight excluding hydrogens is 250 g/mol. The number of nitrogens with one attached hydrogen (secondary N) is 1. The second kappa shape index (κ2) is 5.26. The summed E-state index contributed by atoms with van der Waals surface area (Å²) in [7, 11) is 0. The van der Waals surface area contributed by atoms with Gasteiger partial charge in [-0.3, -0.25) is 0 Å². The predicted molar refractivity (Wildman–Crippen MR) is 84.9 cm³/mol. The molecule has 3 atom stereocenters. The van der Waals surface area contributed by atoms with E-state index in [2.05, 4.69) is 50.4 Å². The second-order valence-corrected chi connectivity index (χ2v) is 7.17. The molecule has 1 saturated carbocycles. The highest BCUT2D eigenvalue weighted by Crippen LogP contribution is 2.35. The number of hydrogen-bond acceptors (Lipinski definition) is 2. The van der Waals surface area contributed by atoms with Gasteiger partial charge in [0.05, 0.1) is 0 Å². The van der Waals surface area contributed by atoms with Crippen LogP contribution in [0.15, 0.2) is 24.3 Å². The third-order valence-electron chi connectivity index (χ3n) is 4.45. The smallest absolute Gasteiger partial charge is 0.0391 e. The van der Waals surface area contributed by atoms with E-state index >= 15 is 0 Å². The summed E-state index contributed by atoms with van der Waals surface area (Å²) in [6.45, 7) is 6.96. The summed E-state index contributed by atoms with van der Waals surface area (Å²) in [6.07, 6.45) is 4.07. The highest BCUT2D eigenvalue weighted by molar-refractivity contribution is 7.19. The first-order valence-electron chi connectivity index (χ1n) is 7.39. The van der Waals surface area contributed by atoms with Crippen molar-refractivity contribution in [1.82, 2.24) is 5.32 Å². The minimum atomic E-state index is 0.479. The molecule has 0 aliphatic heterocycles. The Balaban J connectivity index is 1.81. The quantitative estimate of drug-likeness (QED) is 0.825. The fourth-order valence-corrected chi connectivity index (χ4v) is 4.62. The summed E-state index contributed by atoms with van der Waals surface area (Å²) in [4.78, 5) is 1.51. The zero-order valence-electron chi connectivity index (χ0n) is 12.1. The van der Waals surface area contributed by atoms with Crippen LogP contribution in [0.4, 0.5) is 0 Å². The molecule has 102 valence electrons. The third-order valence-corrected chi connectivity index (χ3v) is 5.91. The van der Waals surface area contributed by atoms with Crippen LogP contribution in [0.2, 0.25) is 0 Å². The van der Waals surface area contributed by atoms with E-state index in [1.165, 1.54) is 39.8 Å². The van der Waals surface area contributed by atoms with Gasteiger partial charge in [0, 0.05) is 21.7 Å². The normalized spacial score (nSPS) is 25.0. The van der Waals surface area contributed by atoms with Gasteiger partial charge in [0.1, 0.15) is 0 Å². The van der Waals surface area contributed by atoms with Crippen molar-refractivity contribution in [1.29, 1.82) is 0 Å². The summed E-state index contributed by atoms with van der Waals surface area (Å²) in [6, 6.07) is 9.96. The maximum Gasteiger partial charge on any atom is 0.0391 e. The molecule has 0 radical (unpaired) electrons. The van der Waals surface area contributed by atoms with E-state index in [9.17, 15) is 0 Å². The van der Waals surface area contributed by atoms with Gasteiger partial charge in [0.2, 0.25) is 0 Å². The van der Waals surface area contributed by atoms with Gasteiger partial charge in [0.15, 0.2) is 0 Å². The van der Waals surface area contributed by atoms with Crippen LogP contribution in [0.5, 0.6) is 0 Å². The monoisotopic (exact) mass is 273 g/mol. The van der Waals surface area contributed by atoms with Gasteiger partial charge in [-0.05, 0) is 56.0 Å². The lowest BCUT2D eigenvalue weighted by atomic mass is 10.1. The Bertz CT molecular complexity index is 572. The average Bonchev–Trinajstić information content (AvgIpc) is 2.94. The number of hydrogen-bond donors (Lipinski definition) is 1. The summed E-state index contributed by atoms with van der Waals surface area (Å²) < 4.78 is 1.42. The average molecular weight is 273 g/mol. The molecular formula is C17H23NS. The molecule has 19 heavy (non-hydrogen) atoms. The molecule has 0 spiro atoms. The molecule has 2 aromatic rings. The van der Waals surface area contributed by atoms with E-state index in [0.29, 0.717) is 6.04 Å². The third kappa shape index (κ3) is 2.56. The highest BCUT2D eigenvalue weighted by Gasteiger charge is 2.24. The fraction of sp³-hybridized carbons (Fsp3) is 0.529. The lowest BCUT2D eigenvalue weighted by molar-refractivity contribution is 0.452. The van der Waals surface area contributed by atoms with Crippen molar-refractivity contribution in [2.75, 3.05) is 0 Å². The molecule has 0 bridgehead atoms. The van der Waals surface area contributed by atoms with Crippen LogP contribution < -0.4 is 5.32 Å². The van der Waals surface area contributed by atoms with E-state index < -0.39 is 0 Å². The summed E-state index contributed by atoms with van der Waals surface area (Å²) in [5.41, 5.74) is 1.46. The maximum atomic E-state index is 3.84. The van der Waals surface area contributed by atoms with Crippen LogP contribution in [0.1, 0.15) is 49.6 Å². The van der Waals surface area contributed by atoms with Crippen LogP contribution in [0.25, 0.3) is 10.1 Å². The van der Waals surface area contributed by atoms with Crippen molar-refractivity contribution >= 4 is 21.4 Å². The fourth-order valence-electron chi connectivity index (χ4n) is 3.39. The number of aryl methyl sites for hydroxylation is 1. The first-order chi connectivity index (χ1) is 9.15. The van der Waals surface area contributed by atoms with Crippen molar-refractivity contribution in [2.24, 2.45) is 5.92 Å². The standard InChI is InChI=1S/C17H23NS/c1-11-8-9-14(10-11)18-13(3)17-12(2)15-6-4-5-7-16(15)19-17/h4-7,11,13-14,18H,8-10H2,1-3H3. The van der Waals surface area contributed by atoms with Crippen LogP contribution in [0, 0.1) is 12.8 Å². The minimum absolute atomic E-state index is 0.479. The van der Waals surface area contributed by atoms with Crippen molar-refractivity contribution in [3.8, 4) is 0 Å². The molecule has 3 rings (SSSR count). The van der Waals surface area contributed by atoms with Gasteiger partial charge >= 0.3 is 0 Å². The van der Waals surface area contributed by atoms with Crippen molar-refractivity contribution in [3.63, 3.8) is 0 Å². The van der Waals surface area contributed by atoms with Gasteiger partial charge in [-0.25, -0.2) is 0 Å². The molecule has 2 heteroatoms. The van der Waals surface area contributed by atoms with Gasteiger partial charge in [-0.2, -0.15) is 0 Å². The summed E-state index contributed by atoms with van der Waals surface area (Å²) in [5, 5.41) is 5.26. The molecule has 0 amide bonds. The Morgan fingerprint density at radius 3 is 2.74 bits per heavy atom. The Morgan fingerprint density at radius 2 is 2.05 bits per heavy atom. The molecule has 1 aromatic heterocycles. The molecule has 1 heterocycles. The number of thiophene rings is 1. The molecule has 0 saturated heterocycles. The first-order valence-corrected chi connectivity index (χ1v) is 8.21. The molecule has 3 unspecified atom stereocenters. The Labute approximate surface area is 120 Å². The van der Waals surface area contributed by atoms with Gasteiger partial charge in [0.25, 0.3) is 0 Å². The van der Waals surface area contributed by atoms with Gasteiger partial charge in [-0.1, -0.05) is 25.1 Å². The summed E-state index contributed by atoms with van der Waals surface area (Å²) >= 11 is 1.95. The van der Waals surface area contributed by atoms with Gasteiger partial charge < -0.3 is 5.32 Å². The predicted octanol–water partition coefficient (Wildman–Crippen LogP) is 5.05. The molecule has 1 aliphatic carbocycles. The second-order valence-electron chi connectivity index (χ2n) is 6.09. The zero-order valence-corrected chi connectivity index (χ0v) is 12.9. The number of rotatable bonds is 3. The Hall–Kier alpha value is -0.860. The lowest BCUT2D eigenvalue weighted by Crippen LogP contribution is -2.29. The molecule has 1 N–H and O–H groups in total. The van der Waals surface area contributed by atoms with Crippen molar-refractivity contribution in [2.45, 2.75) is 52.1 Å². The Morgan fingerprint density at radius 1 is 1.26 bits per heavy atom. The van der Waals surface area contributed by atoms with E-state index in [-0.39, 0.29) is 0 Å². The maximum absolute atomic E-state index is 3.84. The van der Waals surface area contributed by atoms with Crippen molar-refractivity contribution in [3.05, 3.63) is 34.7 Å². The largest absolute Gasteiger partial charge is 0.307 e. The first kappa shape index (κ1) is 13.1. The molecule has 1 fully saturated rings. The number of fused-ring (bicyclic) bond motifs is 1.